The summed E-state index contributed by atoms with van der Waals surface area (Å²) < 4.78 is 3.75. The van der Waals surface area contributed by atoms with Gasteiger partial charge in [-0.15, -0.1) is 0 Å². The molecule has 0 N–H and O–H groups in total. The standard InChI is InChI=1S/C7H7IN4/c1-11(8)6-2-3-12-7(4-6)9-5-10-12/h2-5H,1H3. The van der Waals surface area contributed by atoms with Gasteiger partial charge in [-0.2, -0.15) is 5.10 Å². The molecule has 0 atom stereocenters. The average Bonchev–Trinajstić information content (AvgIpc) is 2.49. The van der Waals surface area contributed by atoms with E-state index in [2.05, 4.69) is 32.9 Å². The van der Waals surface area contributed by atoms with Crippen molar-refractivity contribution in [3.05, 3.63) is 24.7 Å². The normalized spacial score (nSPS) is 10.5. The van der Waals surface area contributed by atoms with E-state index in [-0.39, 0.29) is 0 Å². The summed E-state index contributed by atoms with van der Waals surface area (Å²) in [5, 5.41) is 4.00. The van der Waals surface area contributed by atoms with E-state index in [0.29, 0.717) is 0 Å². The van der Waals surface area contributed by atoms with E-state index in [1.165, 1.54) is 0 Å². The van der Waals surface area contributed by atoms with E-state index in [0.717, 1.165) is 11.3 Å². The maximum atomic E-state index is 4.08. The van der Waals surface area contributed by atoms with Gasteiger partial charge in [0.1, 0.15) is 6.33 Å². The molecule has 0 spiro atoms. The average molecular weight is 274 g/mol. The molecule has 12 heavy (non-hydrogen) atoms. The quantitative estimate of drug-likeness (QED) is 0.584. The highest BCUT2D eigenvalue weighted by molar-refractivity contribution is 14.1. The van der Waals surface area contributed by atoms with Crippen LogP contribution in [0.2, 0.25) is 0 Å². The van der Waals surface area contributed by atoms with E-state index in [4.69, 9.17) is 0 Å². The lowest BCUT2D eigenvalue weighted by atomic mass is 10.4. The van der Waals surface area contributed by atoms with Gasteiger partial charge in [-0.25, -0.2) is 9.50 Å². The highest BCUT2D eigenvalue weighted by Gasteiger charge is 1.99. The molecule has 62 valence electrons. The highest BCUT2D eigenvalue weighted by Crippen LogP contribution is 2.16. The molecule has 0 aromatic carbocycles. The number of halogens is 1. The summed E-state index contributed by atoms with van der Waals surface area (Å²) in [7, 11) is 1.99. The van der Waals surface area contributed by atoms with Crippen LogP contribution in [-0.4, -0.2) is 21.6 Å². The zero-order valence-corrected chi connectivity index (χ0v) is 8.63. The molecular weight excluding hydrogens is 267 g/mol. The van der Waals surface area contributed by atoms with Crippen LogP contribution >= 0.6 is 22.9 Å². The summed E-state index contributed by atoms with van der Waals surface area (Å²) in [5.74, 6) is 0. The predicted octanol–water partition coefficient (Wildman–Crippen LogP) is 1.52. The van der Waals surface area contributed by atoms with Gasteiger partial charge in [0.15, 0.2) is 5.65 Å². The summed E-state index contributed by atoms with van der Waals surface area (Å²) in [4.78, 5) is 4.08. The van der Waals surface area contributed by atoms with Gasteiger partial charge in [0.05, 0.1) is 28.6 Å². The molecule has 0 aliphatic rings. The summed E-state index contributed by atoms with van der Waals surface area (Å²) in [5.41, 5.74) is 1.99. The number of rotatable bonds is 1. The molecule has 0 amide bonds. The van der Waals surface area contributed by atoms with Crippen LogP contribution in [0, 0.1) is 0 Å². The minimum Gasteiger partial charge on any atom is -0.318 e. The lowest BCUT2D eigenvalue weighted by molar-refractivity contribution is 0.961. The van der Waals surface area contributed by atoms with E-state index < -0.39 is 0 Å². The van der Waals surface area contributed by atoms with Gasteiger partial charge in [-0.1, -0.05) is 0 Å². The summed E-state index contributed by atoms with van der Waals surface area (Å²) in [6.45, 7) is 0. The monoisotopic (exact) mass is 274 g/mol. The number of anilines is 1. The van der Waals surface area contributed by atoms with Gasteiger partial charge in [-0.3, -0.25) is 0 Å². The number of hydrogen-bond acceptors (Lipinski definition) is 3. The van der Waals surface area contributed by atoms with Crippen molar-refractivity contribution in [1.82, 2.24) is 14.6 Å². The van der Waals surface area contributed by atoms with Crippen LogP contribution in [0.25, 0.3) is 5.65 Å². The smallest absolute Gasteiger partial charge is 0.157 e. The Kier molecular flexibility index (Phi) is 1.87. The van der Waals surface area contributed by atoms with E-state index in [1.807, 2.05) is 28.5 Å². The minimum absolute atomic E-state index is 0.871. The highest BCUT2D eigenvalue weighted by atomic mass is 127. The zero-order chi connectivity index (χ0) is 8.55. The Bertz CT molecular complexity index is 395. The maximum absolute atomic E-state index is 4.08. The first-order valence-electron chi connectivity index (χ1n) is 3.46. The Balaban J connectivity index is 2.60. The van der Waals surface area contributed by atoms with Crippen LogP contribution < -0.4 is 3.11 Å². The second kappa shape index (κ2) is 2.89. The van der Waals surface area contributed by atoms with Crippen molar-refractivity contribution in [2.24, 2.45) is 0 Å². The fourth-order valence-electron chi connectivity index (χ4n) is 0.996. The summed E-state index contributed by atoms with van der Waals surface area (Å²) in [6.07, 6.45) is 3.44. The van der Waals surface area contributed by atoms with Crippen molar-refractivity contribution < 1.29 is 0 Å². The van der Waals surface area contributed by atoms with Crippen LogP contribution in [0.3, 0.4) is 0 Å². The Morgan fingerprint density at radius 2 is 2.42 bits per heavy atom. The van der Waals surface area contributed by atoms with E-state index >= 15 is 0 Å². The predicted molar refractivity (Wildman–Crippen MR) is 55.4 cm³/mol. The molecule has 0 bridgehead atoms. The van der Waals surface area contributed by atoms with Crippen molar-refractivity contribution >= 4 is 34.2 Å². The third kappa shape index (κ3) is 1.24. The van der Waals surface area contributed by atoms with Crippen molar-refractivity contribution in [2.75, 3.05) is 10.2 Å². The Morgan fingerprint density at radius 1 is 1.58 bits per heavy atom. The van der Waals surface area contributed by atoms with Crippen molar-refractivity contribution in [1.29, 1.82) is 0 Å². The third-order valence-corrected chi connectivity index (χ3v) is 2.18. The molecule has 0 saturated heterocycles. The van der Waals surface area contributed by atoms with Gasteiger partial charge >= 0.3 is 0 Å². The van der Waals surface area contributed by atoms with Gasteiger partial charge < -0.3 is 3.11 Å². The zero-order valence-electron chi connectivity index (χ0n) is 6.48. The SMILES string of the molecule is CN(I)c1ccn2ncnc2c1. The summed E-state index contributed by atoms with van der Waals surface area (Å²) >= 11 is 2.22. The second-order valence-corrected chi connectivity index (χ2v) is 3.87. The number of fused-ring (bicyclic) bond motifs is 1. The van der Waals surface area contributed by atoms with Crippen LogP contribution in [0.5, 0.6) is 0 Å². The molecular formula is C7H7IN4. The second-order valence-electron chi connectivity index (χ2n) is 2.42. The third-order valence-electron chi connectivity index (χ3n) is 1.62. The van der Waals surface area contributed by atoms with Crippen LogP contribution in [0.1, 0.15) is 0 Å². The number of pyridine rings is 1. The number of nitrogens with zero attached hydrogens (tertiary/aromatic N) is 4. The first-order valence-corrected chi connectivity index (χ1v) is 4.43. The van der Waals surface area contributed by atoms with Gasteiger partial charge in [0, 0.05) is 19.3 Å². The molecule has 2 aromatic rings. The van der Waals surface area contributed by atoms with Gasteiger partial charge in [0.25, 0.3) is 0 Å². The lowest BCUT2D eigenvalue weighted by Crippen LogP contribution is -2.00. The first-order chi connectivity index (χ1) is 5.77. The molecule has 0 aliphatic carbocycles. The topological polar surface area (TPSA) is 33.4 Å². The van der Waals surface area contributed by atoms with Crippen molar-refractivity contribution in [3.63, 3.8) is 0 Å². The molecule has 0 saturated carbocycles. The van der Waals surface area contributed by atoms with E-state index in [1.54, 1.807) is 10.8 Å². The molecule has 2 aromatic heterocycles. The molecule has 0 unspecified atom stereocenters. The number of hydrogen-bond donors (Lipinski definition) is 0. The summed E-state index contributed by atoms with van der Waals surface area (Å²) in [6, 6.07) is 3.98. The molecule has 5 heteroatoms. The fraction of sp³-hybridized carbons (Fsp3) is 0.143. The van der Waals surface area contributed by atoms with Crippen LogP contribution in [-0.2, 0) is 0 Å². The molecule has 0 radical (unpaired) electrons. The Morgan fingerprint density at radius 3 is 3.17 bits per heavy atom. The van der Waals surface area contributed by atoms with Gasteiger partial charge in [0.2, 0.25) is 0 Å². The molecule has 0 fully saturated rings. The van der Waals surface area contributed by atoms with Crippen LogP contribution in [0.15, 0.2) is 24.7 Å². The largest absolute Gasteiger partial charge is 0.318 e. The Hall–Kier alpha value is -0.850. The van der Waals surface area contributed by atoms with Crippen molar-refractivity contribution in [2.45, 2.75) is 0 Å². The molecule has 2 heterocycles. The van der Waals surface area contributed by atoms with E-state index in [9.17, 15) is 0 Å². The molecule has 0 aliphatic heterocycles. The molecule has 2 rings (SSSR count). The Labute approximate surface area is 83.7 Å². The lowest BCUT2D eigenvalue weighted by Gasteiger charge is -2.08. The fourth-order valence-corrected chi connectivity index (χ4v) is 1.30. The number of aromatic nitrogens is 3. The first kappa shape index (κ1) is 7.78. The minimum atomic E-state index is 0.871. The maximum Gasteiger partial charge on any atom is 0.157 e. The van der Waals surface area contributed by atoms with Gasteiger partial charge in [-0.05, 0) is 6.07 Å². The molecule has 4 nitrogen and oxygen atoms in total. The van der Waals surface area contributed by atoms with Crippen molar-refractivity contribution in [3.8, 4) is 0 Å². The van der Waals surface area contributed by atoms with Crippen LogP contribution in [0.4, 0.5) is 5.69 Å².